The summed E-state index contributed by atoms with van der Waals surface area (Å²) in [6, 6.07) is 14.2. The lowest BCUT2D eigenvalue weighted by Crippen LogP contribution is -2.10. The summed E-state index contributed by atoms with van der Waals surface area (Å²) in [7, 11) is 3.95. The molecule has 0 unspecified atom stereocenters. The van der Waals surface area contributed by atoms with Crippen molar-refractivity contribution in [3.8, 4) is 0 Å². The topological polar surface area (TPSA) is 16.1 Å². The summed E-state index contributed by atoms with van der Waals surface area (Å²) in [6.45, 7) is 0. The lowest BCUT2D eigenvalue weighted by Gasteiger charge is -2.17. The molecule has 3 rings (SSSR count). The fourth-order valence-corrected chi connectivity index (χ4v) is 3.90. The van der Waals surface area contributed by atoms with Crippen LogP contribution >= 0.6 is 27.5 Å². The molecule has 0 saturated carbocycles. The predicted octanol–water partition coefficient (Wildman–Crippen LogP) is 5.89. The summed E-state index contributed by atoms with van der Waals surface area (Å²) in [5.74, 6) is 0. The average Bonchev–Trinajstić information content (AvgIpc) is 2.52. The van der Waals surface area contributed by atoms with Crippen LogP contribution in [0.1, 0.15) is 11.1 Å². The molecule has 0 saturated heterocycles. The summed E-state index contributed by atoms with van der Waals surface area (Å²) >= 11 is 9.99. The van der Waals surface area contributed by atoms with E-state index in [4.69, 9.17) is 11.6 Å². The molecule has 3 aromatic rings. The summed E-state index contributed by atoms with van der Waals surface area (Å²) < 4.78 is 0.981. The Hall–Kier alpha value is -1.84. The van der Waals surface area contributed by atoms with Gasteiger partial charge in [0.15, 0.2) is 0 Å². The zero-order valence-electron chi connectivity index (χ0n) is 12.9. The first kappa shape index (κ1) is 16.0. The molecule has 23 heavy (non-hydrogen) atoms. The maximum atomic E-state index is 6.39. The van der Waals surface area contributed by atoms with Gasteiger partial charge in [-0.2, -0.15) is 0 Å². The number of hydrogen-bond acceptors (Lipinski definition) is 2. The zero-order chi connectivity index (χ0) is 16.4. The van der Waals surface area contributed by atoms with E-state index >= 15 is 0 Å². The van der Waals surface area contributed by atoms with Crippen LogP contribution < -0.4 is 4.90 Å². The molecule has 0 aliphatic carbocycles. The first-order valence-corrected chi connectivity index (χ1v) is 8.41. The lowest BCUT2D eigenvalue weighted by molar-refractivity contribution is 1.12. The number of para-hydroxylation sites is 1. The molecule has 0 aliphatic heterocycles. The van der Waals surface area contributed by atoms with Gasteiger partial charge in [-0.3, -0.25) is 4.98 Å². The van der Waals surface area contributed by atoms with Crippen molar-refractivity contribution in [1.29, 1.82) is 0 Å². The normalized spacial score (nSPS) is 11.3. The quantitative estimate of drug-likeness (QED) is 0.557. The highest BCUT2D eigenvalue weighted by Gasteiger charge is 2.08. The number of hydrogen-bond donors (Lipinski definition) is 0. The van der Waals surface area contributed by atoms with E-state index in [-0.39, 0.29) is 0 Å². The van der Waals surface area contributed by atoms with E-state index in [0.29, 0.717) is 0 Å². The van der Waals surface area contributed by atoms with Gasteiger partial charge in [-0.25, -0.2) is 0 Å². The Kier molecular flexibility index (Phi) is 4.69. The van der Waals surface area contributed by atoms with Gasteiger partial charge in [0.25, 0.3) is 0 Å². The number of nitrogens with zero attached hydrogens (tertiary/aromatic N) is 2. The fraction of sp³-hybridized carbons (Fsp3) is 0.105. The molecule has 2 nitrogen and oxygen atoms in total. The van der Waals surface area contributed by atoms with Gasteiger partial charge in [0.05, 0.1) is 16.2 Å². The Bertz CT molecular complexity index is 859. The van der Waals surface area contributed by atoms with Crippen LogP contribution in [0, 0.1) is 0 Å². The summed E-state index contributed by atoms with van der Waals surface area (Å²) in [4.78, 5) is 6.38. The summed E-state index contributed by atoms with van der Waals surface area (Å²) in [5, 5.41) is 1.87. The minimum atomic E-state index is 0.726. The highest BCUT2D eigenvalue weighted by Crippen LogP contribution is 2.34. The maximum absolute atomic E-state index is 6.39. The van der Waals surface area contributed by atoms with Gasteiger partial charge in [0.2, 0.25) is 0 Å². The molecule has 0 N–H and O–H groups in total. The van der Waals surface area contributed by atoms with Gasteiger partial charge in [-0.15, -0.1) is 0 Å². The fourth-order valence-electron chi connectivity index (χ4n) is 2.56. The Balaban J connectivity index is 2.00. The van der Waals surface area contributed by atoms with Gasteiger partial charge >= 0.3 is 0 Å². The number of fused-ring (bicyclic) bond motifs is 1. The largest absolute Gasteiger partial charge is 0.376 e. The van der Waals surface area contributed by atoms with Crippen molar-refractivity contribution in [2.45, 2.75) is 0 Å². The van der Waals surface area contributed by atoms with Crippen molar-refractivity contribution in [2.75, 3.05) is 19.0 Å². The molecule has 0 aliphatic rings. The smallest absolute Gasteiger partial charge is 0.0707 e. The number of rotatable bonds is 3. The van der Waals surface area contributed by atoms with Crippen molar-refractivity contribution < 1.29 is 0 Å². The highest BCUT2D eigenvalue weighted by molar-refractivity contribution is 9.10. The molecule has 2 aromatic carbocycles. The average molecular weight is 388 g/mol. The van der Waals surface area contributed by atoms with E-state index in [1.807, 2.05) is 55.5 Å². The molecular formula is C19H16BrClN2. The van der Waals surface area contributed by atoms with E-state index in [2.05, 4.69) is 45.2 Å². The molecule has 0 bridgehead atoms. The van der Waals surface area contributed by atoms with Crippen molar-refractivity contribution in [3.05, 3.63) is 69.3 Å². The van der Waals surface area contributed by atoms with Crippen molar-refractivity contribution in [3.63, 3.8) is 0 Å². The second-order valence-electron chi connectivity index (χ2n) is 5.48. The zero-order valence-corrected chi connectivity index (χ0v) is 15.3. The van der Waals surface area contributed by atoms with Crippen LogP contribution in [-0.4, -0.2) is 19.1 Å². The summed E-state index contributed by atoms with van der Waals surface area (Å²) in [5.41, 5.74) is 4.17. The SMILES string of the molecule is CN(C)c1c(Cl)cc(/C=C/c2ccnc3ccccc23)cc1Br. The number of pyridine rings is 1. The third-order valence-corrected chi connectivity index (χ3v) is 4.52. The number of halogens is 2. The molecule has 0 spiro atoms. The van der Waals surface area contributed by atoms with Crippen molar-refractivity contribution >= 4 is 56.3 Å². The Morgan fingerprint density at radius 1 is 1.09 bits per heavy atom. The van der Waals surface area contributed by atoms with Crippen LogP contribution in [0.3, 0.4) is 0 Å². The third kappa shape index (κ3) is 3.41. The number of anilines is 1. The van der Waals surface area contributed by atoms with Gasteiger partial charge in [-0.1, -0.05) is 42.0 Å². The van der Waals surface area contributed by atoms with Gasteiger partial charge in [0, 0.05) is 30.2 Å². The van der Waals surface area contributed by atoms with Crippen molar-refractivity contribution in [1.82, 2.24) is 4.98 Å². The van der Waals surface area contributed by atoms with Gasteiger partial charge in [0.1, 0.15) is 0 Å². The minimum absolute atomic E-state index is 0.726. The van der Waals surface area contributed by atoms with Crippen LogP contribution in [0.5, 0.6) is 0 Å². The van der Waals surface area contributed by atoms with Crippen LogP contribution in [0.15, 0.2) is 53.1 Å². The Morgan fingerprint density at radius 3 is 2.61 bits per heavy atom. The molecule has 1 aromatic heterocycles. The minimum Gasteiger partial charge on any atom is -0.376 e. The van der Waals surface area contributed by atoms with Crippen LogP contribution in [-0.2, 0) is 0 Å². The van der Waals surface area contributed by atoms with Gasteiger partial charge in [-0.05, 0) is 51.3 Å². The molecule has 1 heterocycles. The Morgan fingerprint density at radius 2 is 1.87 bits per heavy atom. The van der Waals surface area contributed by atoms with E-state index in [1.165, 1.54) is 0 Å². The van der Waals surface area contributed by atoms with Crippen LogP contribution in [0.25, 0.3) is 23.1 Å². The second-order valence-corrected chi connectivity index (χ2v) is 6.74. The van der Waals surface area contributed by atoms with Crippen LogP contribution in [0.4, 0.5) is 5.69 Å². The molecule has 0 atom stereocenters. The number of aromatic nitrogens is 1. The monoisotopic (exact) mass is 386 g/mol. The van der Waals surface area contributed by atoms with E-state index in [0.717, 1.165) is 37.2 Å². The van der Waals surface area contributed by atoms with Gasteiger partial charge < -0.3 is 4.90 Å². The predicted molar refractivity (Wildman–Crippen MR) is 104 cm³/mol. The van der Waals surface area contributed by atoms with E-state index in [9.17, 15) is 0 Å². The first-order valence-electron chi connectivity index (χ1n) is 7.24. The molecule has 4 heteroatoms. The molecule has 0 fully saturated rings. The van der Waals surface area contributed by atoms with E-state index < -0.39 is 0 Å². The number of benzene rings is 2. The maximum Gasteiger partial charge on any atom is 0.0707 e. The summed E-state index contributed by atoms with van der Waals surface area (Å²) in [6.07, 6.45) is 6.00. The second kappa shape index (κ2) is 6.73. The molecule has 0 amide bonds. The molecule has 116 valence electrons. The van der Waals surface area contributed by atoms with E-state index in [1.54, 1.807) is 0 Å². The first-order chi connectivity index (χ1) is 11.1. The molecular weight excluding hydrogens is 372 g/mol. The van der Waals surface area contributed by atoms with Crippen LogP contribution in [0.2, 0.25) is 5.02 Å². The standard InChI is InChI=1S/C19H16BrClN2/c1-23(2)19-16(20)11-13(12-17(19)21)7-8-14-9-10-22-18-6-4-3-5-15(14)18/h3-12H,1-2H3/b8-7+. The Labute approximate surface area is 149 Å². The molecule has 0 radical (unpaired) electrons. The van der Waals surface area contributed by atoms with Crippen molar-refractivity contribution in [2.24, 2.45) is 0 Å². The highest BCUT2D eigenvalue weighted by atomic mass is 79.9. The lowest BCUT2D eigenvalue weighted by atomic mass is 10.1. The third-order valence-electron chi connectivity index (χ3n) is 3.62.